The zero-order valence-electron chi connectivity index (χ0n) is 24.4. The second-order valence-electron chi connectivity index (χ2n) is 11.5. The monoisotopic (exact) mass is 773 g/mol. The number of hydrogen-bond acceptors (Lipinski definition) is 1. The normalized spacial score (nSPS) is 16.9. The van der Waals surface area contributed by atoms with Gasteiger partial charge in [0.25, 0.3) is 5.41 Å². The summed E-state index contributed by atoms with van der Waals surface area (Å²) in [5.74, 6) is 2.35. The first-order valence-corrected chi connectivity index (χ1v) is 16.1. The van der Waals surface area contributed by atoms with Crippen LogP contribution >= 0.6 is 0 Å². The number of hydrogen-bond donors (Lipinski definition) is 0. The number of furan rings is 1. The van der Waals surface area contributed by atoms with Gasteiger partial charge in [0.05, 0.1) is 8.07 Å². The van der Waals surface area contributed by atoms with E-state index < -0.39 is 37.6 Å². The van der Waals surface area contributed by atoms with Crippen LogP contribution in [0, 0.1) is 13.8 Å². The number of alkyl halides is 9. The van der Waals surface area contributed by atoms with Crippen LogP contribution in [-0.4, -0.2) is 26.6 Å². The molecular weight excluding hydrogens is 750 g/mol. The average molecular weight is 776 g/mol. The van der Waals surface area contributed by atoms with Crippen molar-refractivity contribution in [2.45, 2.75) is 63.4 Å². The molecule has 1 nitrogen and oxygen atoms in total. The summed E-state index contributed by atoms with van der Waals surface area (Å²) >= 11 is 0. The van der Waals surface area contributed by atoms with Crippen molar-refractivity contribution >= 4 is 24.0 Å². The Morgan fingerprint density at radius 2 is 1.27 bits per heavy atom. The summed E-state index contributed by atoms with van der Waals surface area (Å²) in [6, 6.07) is 12.9. The molecule has 0 N–H and O–H groups in total. The van der Waals surface area contributed by atoms with Crippen molar-refractivity contribution in [3.8, 4) is 11.1 Å². The third kappa shape index (κ3) is 5.91. The van der Waals surface area contributed by atoms with Crippen molar-refractivity contribution < 1.29 is 94.9 Å². The fraction of sp³-hybridized carbons (Fsp3) is 0.323. The van der Waals surface area contributed by atoms with Crippen LogP contribution in [0.15, 0.2) is 70.7 Å². The largest absolute Gasteiger partial charge is 3.00 e. The summed E-state index contributed by atoms with van der Waals surface area (Å²) in [5.41, 5.74) is -2.61. The van der Waals surface area contributed by atoms with Crippen molar-refractivity contribution in [3.05, 3.63) is 94.4 Å². The van der Waals surface area contributed by atoms with Crippen LogP contribution in [0.25, 0.3) is 27.1 Å². The van der Waals surface area contributed by atoms with Gasteiger partial charge in [-0.2, -0.15) is 45.6 Å². The molecular formula is C31H26Cl2F9OSiZr. The Balaban J connectivity index is 0.000000369. The minimum absolute atomic E-state index is 0. The predicted octanol–water partition coefficient (Wildman–Crippen LogP) is 4.72. The number of allylic oxidation sites excluding steroid dienone is 1. The van der Waals surface area contributed by atoms with Crippen LogP contribution in [-0.2, 0) is 31.6 Å². The molecule has 3 aromatic carbocycles. The van der Waals surface area contributed by atoms with E-state index >= 15 is 0 Å². The Kier molecular flexibility index (Phi) is 11.0. The Morgan fingerprint density at radius 3 is 1.73 bits per heavy atom. The molecule has 1 unspecified atom stereocenters. The van der Waals surface area contributed by atoms with Crippen LogP contribution < -0.4 is 24.8 Å². The molecule has 2 aliphatic heterocycles. The Hall–Kier alpha value is -1.88. The molecule has 0 saturated carbocycles. The molecule has 45 heavy (non-hydrogen) atoms. The number of rotatable bonds is 2. The first-order valence-electron chi connectivity index (χ1n) is 13.0. The third-order valence-electron chi connectivity index (χ3n) is 8.41. The second-order valence-corrected chi connectivity index (χ2v) is 16.0. The quantitative estimate of drug-likeness (QED) is 0.163. The van der Waals surface area contributed by atoms with Crippen molar-refractivity contribution in [3.63, 3.8) is 0 Å². The average Bonchev–Trinajstić information content (AvgIpc) is 3.50. The molecule has 3 heterocycles. The third-order valence-corrected chi connectivity index (χ3v) is 12.5. The second kappa shape index (κ2) is 12.6. The summed E-state index contributed by atoms with van der Waals surface area (Å²) in [7, 11) is -1.10. The van der Waals surface area contributed by atoms with Crippen molar-refractivity contribution in [2.75, 3.05) is 0 Å². The van der Waals surface area contributed by atoms with Gasteiger partial charge in [0, 0.05) is 11.1 Å². The summed E-state index contributed by atoms with van der Waals surface area (Å²) in [6.07, 6.45) is -19.9. The minimum atomic E-state index is -6.63. The summed E-state index contributed by atoms with van der Waals surface area (Å²) in [6.45, 7) is 11.0. The van der Waals surface area contributed by atoms with Gasteiger partial charge in [0.1, 0.15) is 11.5 Å². The summed E-state index contributed by atoms with van der Waals surface area (Å²) in [5, 5.41) is 3.15. The van der Waals surface area contributed by atoms with Gasteiger partial charge in [-0.15, -0.1) is 34.5 Å². The van der Waals surface area contributed by atoms with E-state index in [1.165, 1.54) is 11.3 Å². The maximum atomic E-state index is 13.2. The molecule has 2 bridgehead atoms. The molecule has 3 aliphatic rings. The van der Waals surface area contributed by atoms with E-state index in [1.54, 1.807) is 42.0 Å². The fourth-order valence-electron chi connectivity index (χ4n) is 6.80. The molecule has 0 amide bonds. The molecule has 14 heteroatoms. The van der Waals surface area contributed by atoms with Gasteiger partial charge < -0.3 is 29.2 Å². The van der Waals surface area contributed by atoms with Crippen LogP contribution in [0.4, 0.5) is 39.5 Å². The zero-order chi connectivity index (χ0) is 31.2. The van der Waals surface area contributed by atoms with Gasteiger partial charge in [0.15, 0.2) is 0 Å². The number of halogens is 11. The van der Waals surface area contributed by atoms with Crippen molar-refractivity contribution in [1.29, 1.82) is 0 Å². The van der Waals surface area contributed by atoms with Gasteiger partial charge in [-0.3, -0.25) is 0 Å². The van der Waals surface area contributed by atoms with Crippen LogP contribution in [0.3, 0.4) is 0 Å². The van der Waals surface area contributed by atoms with E-state index in [4.69, 9.17) is 4.42 Å². The van der Waals surface area contributed by atoms with E-state index in [9.17, 15) is 39.5 Å². The van der Waals surface area contributed by atoms with E-state index in [-0.39, 0.29) is 68.7 Å². The Bertz CT molecular complexity index is 1680. The molecule has 4 aromatic rings. The SMILES string of the molecule is CC1=C2c3cc(C)oc3C1[Si]2(C)C.Cc1cc2c(-c3ccc(C(C(F)(F)F)(C(F)(F)F)C(F)(F)F)cc3)cccc2[cH-]1.[Cl-].[Cl-].[Zr+3]. The first-order chi connectivity index (χ1) is 19.2. The Labute approximate surface area is 286 Å². The molecule has 1 aliphatic carbocycles. The molecule has 1 aromatic heterocycles. The molecule has 7 rings (SSSR count). The number of benzene rings is 2. The maximum absolute atomic E-state index is 13.2. The van der Waals surface area contributed by atoms with E-state index in [0.29, 0.717) is 16.5 Å². The zero-order valence-corrected chi connectivity index (χ0v) is 29.4. The molecule has 1 radical (unpaired) electrons. The van der Waals surface area contributed by atoms with Gasteiger partial charge in [-0.05, 0) is 36.2 Å². The fourth-order valence-corrected chi connectivity index (χ4v) is 11.0. The first kappa shape index (κ1) is 39.3. The van der Waals surface area contributed by atoms with Gasteiger partial charge >= 0.3 is 44.7 Å². The van der Waals surface area contributed by atoms with E-state index in [1.807, 2.05) is 13.0 Å². The van der Waals surface area contributed by atoms with Crippen LogP contribution in [0.1, 0.15) is 40.7 Å². The molecule has 241 valence electrons. The standard InChI is InChI=1S/C20H12F9.C11H14OSi.2ClH.Zr/c1-11-9-13-3-2-4-15(16(13)10-11)12-5-7-14(8-6-12)17(18(21,22)23,19(24,25)26)20(27,28)29;1-6-5-8-9(12-6)11-7(2)10(8)13(11,3)4;;;/h2-10H,1H3;5,11H,1-4H3;2*1H;/q-1;;;;+3/p-2. The van der Waals surface area contributed by atoms with Crippen molar-refractivity contribution in [2.24, 2.45) is 0 Å². The van der Waals surface area contributed by atoms with Crippen LogP contribution in [0.2, 0.25) is 13.1 Å². The van der Waals surface area contributed by atoms with E-state index in [2.05, 4.69) is 26.1 Å². The van der Waals surface area contributed by atoms with E-state index in [0.717, 1.165) is 28.8 Å². The minimum Gasteiger partial charge on any atom is -1.00 e. The summed E-state index contributed by atoms with van der Waals surface area (Å²) < 4.78 is 125. The van der Waals surface area contributed by atoms with Crippen molar-refractivity contribution in [1.82, 2.24) is 0 Å². The van der Waals surface area contributed by atoms with Gasteiger partial charge in [-0.1, -0.05) is 61.5 Å². The molecule has 0 spiro atoms. The number of fused-ring (bicyclic) bond motifs is 1. The smallest absolute Gasteiger partial charge is 1.00 e. The maximum Gasteiger partial charge on any atom is 3.00 e. The predicted molar refractivity (Wildman–Crippen MR) is 146 cm³/mol. The van der Waals surface area contributed by atoms with Gasteiger partial charge in [-0.25, -0.2) is 0 Å². The molecule has 1 atom stereocenters. The Morgan fingerprint density at radius 1 is 0.733 bits per heavy atom. The topological polar surface area (TPSA) is 13.1 Å². The number of aryl methyl sites for hydroxylation is 2. The molecule has 0 fully saturated rings. The summed E-state index contributed by atoms with van der Waals surface area (Å²) in [4.78, 5) is 0. The van der Waals surface area contributed by atoms with Gasteiger partial charge in [0.2, 0.25) is 0 Å². The van der Waals surface area contributed by atoms with Crippen LogP contribution in [0.5, 0.6) is 0 Å². The molecule has 0 saturated heterocycles.